The Morgan fingerprint density at radius 1 is 0.328 bits per heavy atom. The fourth-order valence-corrected chi connectivity index (χ4v) is 11.2. The Kier molecular flexibility index (Phi) is 7.29. The van der Waals surface area contributed by atoms with Crippen LogP contribution in [0.15, 0.2) is 218 Å². The van der Waals surface area contributed by atoms with Crippen molar-refractivity contribution in [2.45, 2.75) is 5.41 Å². The van der Waals surface area contributed by atoms with Gasteiger partial charge in [-0.3, -0.25) is 0 Å². The lowest BCUT2D eigenvalue weighted by Gasteiger charge is -2.39. The van der Waals surface area contributed by atoms with E-state index in [4.69, 9.17) is 15.0 Å². The molecule has 1 atom stereocenters. The Balaban J connectivity index is 1.08. The van der Waals surface area contributed by atoms with E-state index < -0.39 is 5.41 Å². The van der Waals surface area contributed by atoms with Crippen LogP contribution in [0.4, 0.5) is 0 Å². The van der Waals surface area contributed by atoms with E-state index >= 15 is 0 Å². The van der Waals surface area contributed by atoms with Crippen molar-refractivity contribution in [3.63, 3.8) is 0 Å². The molecule has 0 fully saturated rings. The third-order valence-electron chi connectivity index (χ3n) is 13.8. The van der Waals surface area contributed by atoms with E-state index in [9.17, 15) is 0 Å². The maximum absolute atomic E-state index is 5.45. The van der Waals surface area contributed by atoms with Gasteiger partial charge in [-0.2, -0.15) is 0 Å². The number of aromatic nitrogens is 4. The second kappa shape index (κ2) is 13.3. The third kappa shape index (κ3) is 4.79. The molecular weight excluding hydrogens is 777 g/mol. The van der Waals surface area contributed by atoms with E-state index in [1.54, 1.807) is 0 Å². The summed E-state index contributed by atoms with van der Waals surface area (Å²) in [5.74, 6) is 1.92. The second-order valence-electron chi connectivity index (χ2n) is 17.1. The van der Waals surface area contributed by atoms with Gasteiger partial charge in [0.15, 0.2) is 17.5 Å². The average Bonchev–Trinajstić information content (AvgIpc) is 3.87. The van der Waals surface area contributed by atoms with Gasteiger partial charge in [0.05, 0.1) is 22.1 Å². The van der Waals surface area contributed by atoms with Gasteiger partial charge >= 0.3 is 0 Å². The molecule has 12 aromatic rings. The van der Waals surface area contributed by atoms with Gasteiger partial charge in [0, 0.05) is 27.5 Å². The first-order valence-electron chi connectivity index (χ1n) is 21.9. The molecule has 64 heavy (non-hydrogen) atoms. The monoisotopic (exact) mass is 812 g/mol. The van der Waals surface area contributed by atoms with Gasteiger partial charge in [0.2, 0.25) is 0 Å². The zero-order valence-electron chi connectivity index (χ0n) is 34.6. The van der Waals surface area contributed by atoms with Crippen molar-refractivity contribution in [3.8, 4) is 62.1 Å². The molecule has 1 aliphatic carbocycles. The van der Waals surface area contributed by atoms with Gasteiger partial charge < -0.3 is 4.57 Å². The van der Waals surface area contributed by atoms with Crippen molar-refractivity contribution >= 4 is 43.4 Å². The highest BCUT2D eigenvalue weighted by Gasteiger charge is 2.51. The highest BCUT2D eigenvalue weighted by molar-refractivity contribution is 6.13. The number of hydrogen-bond donors (Lipinski definition) is 0. The normalized spacial score (nSPS) is 14.6. The van der Waals surface area contributed by atoms with Gasteiger partial charge in [-0.05, 0) is 90.3 Å². The van der Waals surface area contributed by atoms with Crippen LogP contribution in [0.3, 0.4) is 0 Å². The van der Waals surface area contributed by atoms with Crippen molar-refractivity contribution in [2.24, 2.45) is 0 Å². The van der Waals surface area contributed by atoms with Crippen LogP contribution in [0.25, 0.3) is 105 Å². The molecule has 2 aliphatic rings. The molecule has 10 aromatic carbocycles. The first-order valence-corrected chi connectivity index (χ1v) is 21.9. The Labute approximate surface area is 369 Å². The SMILES string of the molecule is c1ccc(-c2ccc3c(c2)-c2c(-c4nc(-c5ccccc5)nc(-c5ccc6c(ccc7ccccc76)c5)n4)cccc2C32c3ccccc3-n3c4ccccc4c4cccc2c43)cc1. The molecule has 1 spiro atoms. The molecule has 0 amide bonds. The van der Waals surface area contributed by atoms with E-state index in [2.05, 4.69) is 205 Å². The summed E-state index contributed by atoms with van der Waals surface area (Å²) < 4.78 is 2.50. The Hall–Kier alpha value is -8.47. The van der Waals surface area contributed by atoms with Gasteiger partial charge in [0.1, 0.15) is 0 Å². The highest BCUT2D eigenvalue weighted by Crippen LogP contribution is 2.62. The van der Waals surface area contributed by atoms with Crippen LogP contribution >= 0.6 is 0 Å². The van der Waals surface area contributed by atoms with Crippen LogP contribution in [-0.2, 0) is 5.41 Å². The van der Waals surface area contributed by atoms with Crippen LogP contribution < -0.4 is 0 Å². The van der Waals surface area contributed by atoms with Crippen LogP contribution in [-0.4, -0.2) is 19.5 Å². The molecule has 0 bridgehead atoms. The second-order valence-corrected chi connectivity index (χ2v) is 17.1. The first kappa shape index (κ1) is 35.2. The van der Waals surface area contributed by atoms with Crippen LogP contribution in [0.5, 0.6) is 0 Å². The molecule has 296 valence electrons. The smallest absolute Gasteiger partial charge is 0.164 e. The Bertz CT molecular complexity index is 3910. The summed E-state index contributed by atoms with van der Waals surface area (Å²) in [6.07, 6.45) is 0. The van der Waals surface area contributed by atoms with Crippen molar-refractivity contribution in [2.75, 3.05) is 0 Å². The summed E-state index contributed by atoms with van der Waals surface area (Å²) in [7, 11) is 0. The van der Waals surface area contributed by atoms with Crippen LogP contribution in [0.1, 0.15) is 22.3 Å². The number of hydrogen-bond acceptors (Lipinski definition) is 3. The first-order chi connectivity index (χ1) is 31.7. The molecule has 0 N–H and O–H groups in total. The standard InChI is InChI=1S/C60H36N4/c1-3-15-37(16-4-1)40-32-34-49-48(36-40)55-47(23-14-25-51(55)60(49)50-24-10-12-28-54(50)64-53-27-11-9-21-45(53)46-22-13-26-52(60)56(46)64)59-62-57(39-18-5-2-6-19-39)61-58(63-59)42-31-33-44-41(35-42)30-29-38-17-7-8-20-43(38)44/h1-36H. The van der Waals surface area contributed by atoms with E-state index in [0.29, 0.717) is 17.5 Å². The van der Waals surface area contributed by atoms with Crippen molar-refractivity contribution < 1.29 is 0 Å². The largest absolute Gasteiger partial charge is 0.309 e. The minimum Gasteiger partial charge on any atom is -0.309 e. The maximum Gasteiger partial charge on any atom is 0.164 e. The number of nitrogens with zero attached hydrogens (tertiary/aromatic N) is 4. The van der Waals surface area contributed by atoms with Crippen LogP contribution in [0.2, 0.25) is 0 Å². The minimum atomic E-state index is -0.629. The molecule has 14 rings (SSSR count). The van der Waals surface area contributed by atoms with Crippen molar-refractivity contribution in [1.82, 2.24) is 19.5 Å². The maximum atomic E-state index is 5.45. The fraction of sp³-hybridized carbons (Fsp3) is 0.0167. The number of rotatable bonds is 4. The predicted octanol–water partition coefficient (Wildman–Crippen LogP) is 14.6. The third-order valence-corrected chi connectivity index (χ3v) is 13.8. The predicted molar refractivity (Wildman–Crippen MR) is 262 cm³/mol. The fourth-order valence-electron chi connectivity index (χ4n) is 11.2. The minimum absolute atomic E-state index is 0.629. The quantitative estimate of drug-likeness (QED) is 0.166. The number of fused-ring (bicyclic) bond motifs is 15. The molecule has 3 heterocycles. The zero-order chi connectivity index (χ0) is 41.9. The molecule has 4 nitrogen and oxygen atoms in total. The van der Waals surface area contributed by atoms with Gasteiger partial charge in [-0.25, -0.2) is 15.0 Å². The van der Waals surface area contributed by atoms with Gasteiger partial charge in [0.25, 0.3) is 0 Å². The number of benzene rings is 10. The van der Waals surface area contributed by atoms with Crippen LogP contribution in [0, 0.1) is 0 Å². The lowest BCUT2D eigenvalue weighted by Crippen LogP contribution is -2.33. The molecule has 2 aromatic heterocycles. The summed E-state index contributed by atoms with van der Waals surface area (Å²) in [4.78, 5) is 16.1. The lowest BCUT2D eigenvalue weighted by molar-refractivity contribution is 0.748. The van der Waals surface area contributed by atoms with Crippen molar-refractivity contribution in [1.29, 1.82) is 0 Å². The molecule has 0 saturated carbocycles. The van der Waals surface area contributed by atoms with E-state index in [-0.39, 0.29) is 0 Å². The van der Waals surface area contributed by atoms with Gasteiger partial charge in [-0.1, -0.05) is 194 Å². The molecule has 0 radical (unpaired) electrons. The molecule has 1 aliphatic heterocycles. The topological polar surface area (TPSA) is 43.6 Å². The lowest BCUT2D eigenvalue weighted by atomic mass is 9.65. The molecule has 4 heteroatoms. The number of para-hydroxylation sites is 3. The highest BCUT2D eigenvalue weighted by atomic mass is 15.0. The summed E-state index contributed by atoms with van der Waals surface area (Å²) in [6, 6.07) is 79.2. The Morgan fingerprint density at radius 2 is 0.953 bits per heavy atom. The zero-order valence-corrected chi connectivity index (χ0v) is 34.6. The average molecular weight is 813 g/mol. The molecule has 0 saturated heterocycles. The molecular formula is C60H36N4. The van der Waals surface area contributed by atoms with E-state index in [1.807, 2.05) is 18.2 Å². The van der Waals surface area contributed by atoms with Gasteiger partial charge in [-0.15, -0.1) is 0 Å². The Morgan fingerprint density at radius 3 is 1.83 bits per heavy atom. The summed E-state index contributed by atoms with van der Waals surface area (Å²) in [5, 5.41) is 7.32. The summed E-state index contributed by atoms with van der Waals surface area (Å²) >= 11 is 0. The van der Waals surface area contributed by atoms with E-state index in [0.717, 1.165) is 27.6 Å². The van der Waals surface area contributed by atoms with Crippen molar-refractivity contribution in [3.05, 3.63) is 241 Å². The summed E-state index contributed by atoms with van der Waals surface area (Å²) in [5.41, 5.74) is 15.6. The molecule has 1 unspecified atom stereocenters. The van der Waals surface area contributed by atoms with E-state index in [1.165, 1.54) is 82.6 Å². The summed E-state index contributed by atoms with van der Waals surface area (Å²) in [6.45, 7) is 0.